The Labute approximate surface area is 177 Å². The lowest BCUT2D eigenvalue weighted by Crippen LogP contribution is -2.57. The van der Waals surface area contributed by atoms with E-state index < -0.39 is 12.0 Å². The zero-order chi connectivity index (χ0) is 21.5. The Morgan fingerprint density at radius 2 is 1.70 bits per heavy atom. The number of rotatable bonds is 6. The van der Waals surface area contributed by atoms with Crippen LogP contribution in [0.3, 0.4) is 0 Å². The van der Waals surface area contributed by atoms with E-state index in [0.717, 1.165) is 19.3 Å². The SMILES string of the molecule is COc1cc(C#N)ccc1OC(=O)C(NC(=O)C12CC3CC(CC(C3)C1)C2)C(C)C. The molecule has 0 radical (unpaired) electrons. The lowest BCUT2D eigenvalue weighted by Gasteiger charge is -2.55. The van der Waals surface area contributed by atoms with Gasteiger partial charge in [0, 0.05) is 11.5 Å². The van der Waals surface area contributed by atoms with Crippen molar-refractivity contribution in [2.75, 3.05) is 7.11 Å². The summed E-state index contributed by atoms with van der Waals surface area (Å²) in [5.41, 5.74) is 0.107. The summed E-state index contributed by atoms with van der Waals surface area (Å²) in [5, 5.41) is 12.1. The van der Waals surface area contributed by atoms with Crippen molar-refractivity contribution in [1.29, 1.82) is 5.26 Å². The standard InChI is InChI=1S/C24H30N2O4/c1-14(2)21(22(27)30-19-5-4-15(13-25)9-20(19)29-3)26-23(28)24-10-16-6-17(11-24)8-18(7-16)12-24/h4-5,9,14,16-18,21H,6-8,10-12H2,1-3H3,(H,26,28). The van der Waals surface area contributed by atoms with Crippen molar-refractivity contribution in [3.63, 3.8) is 0 Å². The van der Waals surface area contributed by atoms with Crippen LogP contribution in [0.5, 0.6) is 11.5 Å². The molecule has 30 heavy (non-hydrogen) atoms. The van der Waals surface area contributed by atoms with Gasteiger partial charge in [0.05, 0.1) is 18.7 Å². The van der Waals surface area contributed by atoms with E-state index in [1.165, 1.54) is 32.4 Å². The summed E-state index contributed by atoms with van der Waals surface area (Å²) < 4.78 is 10.9. The molecule has 0 saturated heterocycles. The van der Waals surface area contributed by atoms with E-state index in [1.807, 2.05) is 19.9 Å². The van der Waals surface area contributed by atoms with Gasteiger partial charge in [-0.25, -0.2) is 4.79 Å². The number of hydrogen-bond donors (Lipinski definition) is 1. The van der Waals surface area contributed by atoms with Crippen LogP contribution in [0.2, 0.25) is 0 Å². The number of benzene rings is 1. The van der Waals surface area contributed by atoms with E-state index >= 15 is 0 Å². The minimum Gasteiger partial charge on any atom is -0.493 e. The number of methoxy groups -OCH3 is 1. The molecule has 6 nitrogen and oxygen atoms in total. The fourth-order valence-corrected chi connectivity index (χ4v) is 6.17. The maximum absolute atomic E-state index is 13.4. The number of nitriles is 1. The van der Waals surface area contributed by atoms with Crippen LogP contribution in [0.1, 0.15) is 57.9 Å². The van der Waals surface area contributed by atoms with Crippen LogP contribution in [0.25, 0.3) is 0 Å². The number of amides is 1. The van der Waals surface area contributed by atoms with Crippen molar-refractivity contribution in [3.05, 3.63) is 23.8 Å². The van der Waals surface area contributed by atoms with Crippen LogP contribution in [-0.4, -0.2) is 25.0 Å². The molecule has 0 heterocycles. The molecule has 5 rings (SSSR count). The molecule has 4 aliphatic carbocycles. The second-order valence-corrected chi connectivity index (χ2v) is 9.79. The fraction of sp³-hybridized carbons (Fsp3) is 0.625. The van der Waals surface area contributed by atoms with Gasteiger partial charge in [-0.05, 0) is 74.3 Å². The van der Waals surface area contributed by atoms with Crippen LogP contribution in [-0.2, 0) is 9.59 Å². The maximum Gasteiger partial charge on any atom is 0.334 e. The summed E-state index contributed by atoms with van der Waals surface area (Å²) >= 11 is 0. The zero-order valence-electron chi connectivity index (χ0n) is 17.9. The fourth-order valence-electron chi connectivity index (χ4n) is 6.17. The van der Waals surface area contributed by atoms with Gasteiger partial charge in [-0.2, -0.15) is 5.26 Å². The molecule has 1 atom stereocenters. The van der Waals surface area contributed by atoms with Gasteiger partial charge in [0.1, 0.15) is 6.04 Å². The monoisotopic (exact) mass is 410 g/mol. The first-order valence-electron chi connectivity index (χ1n) is 10.9. The third-order valence-corrected chi connectivity index (χ3v) is 7.23. The van der Waals surface area contributed by atoms with Crippen molar-refractivity contribution in [2.24, 2.45) is 29.1 Å². The molecule has 4 aliphatic rings. The third-order valence-electron chi connectivity index (χ3n) is 7.23. The summed E-state index contributed by atoms with van der Waals surface area (Å²) in [5.74, 6) is 1.95. The highest BCUT2D eigenvalue weighted by Gasteiger charge is 2.55. The molecular formula is C24H30N2O4. The average molecular weight is 411 g/mol. The summed E-state index contributed by atoms with van der Waals surface area (Å²) in [6.45, 7) is 3.81. The second kappa shape index (κ2) is 7.94. The van der Waals surface area contributed by atoms with Gasteiger partial charge >= 0.3 is 5.97 Å². The molecule has 6 heteroatoms. The minimum absolute atomic E-state index is 0.0176. The Kier molecular flexibility index (Phi) is 5.48. The molecule has 1 amide bonds. The van der Waals surface area contributed by atoms with E-state index in [-0.39, 0.29) is 23.0 Å². The normalized spacial score (nSPS) is 29.9. The quantitative estimate of drug-likeness (QED) is 0.569. The van der Waals surface area contributed by atoms with Gasteiger partial charge in [0.15, 0.2) is 11.5 Å². The van der Waals surface area contributed by atoms with Gasteiger partial charge in [0.2, 0.25) is 5.91 Å². The van der Waals surface area contributed by atoms with Crippen LogP contribution in [0.15, 0.2) is 18.2 Å². The minimum atomic E-state index is -0.731. The molecule has 0 aromatic heterocycles. The van der Waals surface area contributed by atoms with Gasteiger partial charge < -0.3 is 14.8 Å². The maximum atomic E-state index is 13.4. The highest BCUT2D eigenvalue weighted by atomic mass is 16.6. The van der Waals surface area contributed by atoms with E-state index in [0.29, 0.717) is 29.1 Å². The second-order valence-electron chi connectivity index (χ2n) is 9.79. The molecule has 4 saturated carbocycles. The van der Waals surface area contributed by atoms with E-state index in [1.54, 1.807) is 12.1 Å². The largest absolute Gasteiger partial charge is 0.493 e. The first kappa shape index (κ1) is 20.7. The predicted octanol–water partition coefficient (Wildman–Crippen LogP) is 3.83. The number of ether oxygens (including phenoxy) is 2. The Bertz CT molecular complexity index is 850. The Balaban J connectivity index is 1.48. The van der Waals surface area contributed by atoms with Gasteiger partial charge in [-0.15, -0.1) is 0 Å². The number of carbonyl (C=O) groups is 2. The van der Waals surface area contributed by atoms with E-state index in [2.05, 4.69) is 5.32 Å². The smallest absolute Gasteiger partial charge is 0.334 e. The average Bonchev–Trinajstić information content (AvgIpc) is 2.70. The van der Waals surface area contributed by atoms with Crippen LogP contribution >= 0.6 is 0 Å². The first-order chi connectivity index (χ1) is 14.3. The van der Waals surface area contributed by atoms with Crippen molar-refractivity contribution in [1.82, 2.24) is 5.32 Å². The lowest BCUT2D eigenvalue weighted by atomic mass is 9.49. The molecule has 4 bridgehead atoms. The lowest BCUT2D eigenvalue weighted by molar-refractivity contribution is -0.151. The predicted molar refractivity (Wildman–Crippen MR) is 111 cm³/mol. The molecule has 0 spiro atoms. The third kappa shape index (κ3) is 3.78. The van der Waals surface area contributed by atoms with E-state index in [4.69, 9.17) is 14.7 Å². The molecule has 0 aliphatic heterocycles. The van der Waals surface area contributed by atoms with Gasteiger partial charge in [-0.1, -0.05) is 13.8 Å². The summed E-state index contributed by atoms with van der Waals surface area (Å²) in [6, 6.07) is 5.96. The molecule has 160 valence electrons. The molecule has 4 fully saturated rings. The molecule has 1 aromatic rings. The number of carbonyl (C=O) groups excluding carboxylic acids is 2. The first-order valence-corrected chi connectivity index (χ1v) is 10.9. The highest BCUT2D eigenvalue weighted by Crippen LogP contribution is 2.60. The summed E-state index contributed by atoms with van der Waals surface area (Å²) in [4.78, 5) is 26.4. The number of esters is 1. The zero-order valence-corrected chi connectivity index (χ0v) is 17.9. The molecule has 1 aromatic carbocycles. The number of nitrogens with one attached hydrogen (secondary N) is 1. The summed E-state index contributed by atoms with van der Waals surface area (Å²) in [7, 11) is 1.46. The molecule has 1 unspecified atom stereocenters. The van der Waals surface area contributed by atoms with Crippen molar-refractivity contribution in [3.8, 4) is 17.6 Å². The Morgan fingerprint density at radius 3 is 2.20 bits per heavy atom. The Morgan fingerprint density at radius 1 is 1.10 bits per heavy atom. The number of hydrogen-bond acceptors (Lipinski definition) is 5. The van der Waals surface area contributed by atoms with Gasteiger partial charge in [0.25, 0.3) is 0 Å². The van der Waals surface area contributed by atoms with Crippen LogP contribution < -0.4 is 14.8 Å². The van der Waals surface area contributed by atoms with Crippen molar-refractivity contribution < 1.29 is 19.1 Å². The van der Waals surface area contributed by atoms with Crippen LogP contribution in [0, 0.1) is 40.4 Å². The summed E-state index contributed by atoms with van der Waals surface area (Å²) in [6.07, 6.45) is 6.65. The van der Waals surface area contributed by atoms with Crippen LogP contribution in [0.4, 0.5) is 0 Å². The Hall–Kier alpha value is -2.55. The molecule has 1 N–H and O–H groups in total. The topological polar surface area (TPSA) is 88.4 Å². The van der Waals surface area contributed by atoms with E-state index in [9.17, 15) is 9.59 Å². The number of nitrogens with zero attached hydrogens (tertiary/aromatic N) is 1. The highest BCUT2D eigenvalue weighted by molar-refractivity contribution is 5.89. The van der Waals surface area contributed by atoms with Crippen molar-refractivity contribution >= 4 is 11.9 Å². The van der Waals surface area contributed by atoms with Gasteiger partial charge in [-0.3, -0.25) is 4.79 Å². The van der Waals surface area contributed by atoms with Crippen molar-refractivity contribution in [2.45, 2.75) is 58.4 Å². The molecular weight excluding hydrogens is 380 g/mol.